The van der Waals surface area contributed by atoms with E-state index in [0.29, 0.717) is 6.04 Å². The Morgan fingerprint density at radius 2 is 1.83 bits per heavy atom. The Bertz CT molecular complexity index is 151. The molecule has 2 nitrogen and oxygen atoms in total. The summed E-state index contributed by atoms with van der Waals surface area (Å²) in [4.78, 5) is 2.48. The van der Waals surface area contributed by atoms with E-state index in [-0.39, 0.29) is 6.10 Å². The molecule has 0 spiro atoms. The lowest BCUT2D eigenvalue weighted by Crippen LogP contribution is -2.62. The minimum absolute atomic E-state index is 0.0491. The highest BCUT2D eigenvalue weighted by Crippen LogP contribution is 2.29. The van der Waals surface area contributed by atoms with Crippen LogP contribution in [-0.2, 0) is 0 Å². The van der Waals surface area contributed by atoms with Gasteiger partial charge in [-0.1, -0.05) is 19.3 Å². The molecule has 1 saturated carbocycles. The van der Waals surface area contributed by atoms with E-state index in [0.717, 1.165) is 12.6 Å². The molecule has 2 fully saturated rings. The molecule has 0 unspecified atom stereocenters. The van der Waals surface area contributed by atoms with Crippen LogP contribution in [0, 0.1) is 0 Å². The fraction of sp³-hybridized carbons (Fsp3) is 1.00. The predicted molar refractivity (Wildman–Crippen MR) is 49.0 cm³/mol. The molecule has 1 heterocycles. The highest BCUT2D eigenvalue weighted by molar-refractivity contribution is 4.93. The summed E-state index contributed by atoms with van der Waals surface area (Å²) in [6.45, 7) is 3.06. The van der Waals surface area contributed by atoms with Gasteiger partial charge in [0.05, 0.1) is 6.10 Å². The van der Waals surface area contributed by atoms with Gasteiger partial charge in [-0.15, -0.1) is 0 Å². The zero-order chi connectivity index (χ0) is 8.55. The molecular weight excluding hydrogens is 150 g/mol. The molecule has 12 heavy (non-hydrogen) atoms. The summed E-state index contributed by atoms with van der Waals surface area (Å²) in [6.07, 6.45) is 6.87. The Morgan fingerprint density at radius 3 is 2.33 bits per heavy atom. The van der Waals surface area contributed by atoms with Crippen LogP contribution in [-0.4, -0.2) is 34.7 Å². The van der Waals surface area contributed by atoms with Crippen LogP contribution in [0.2, 0.25) is 0 Å². The predicted octanol–water partition coefficient (Wildman–Crippen LogP) is 1.38. The van der Waals surface area contributed by atoms with Crippen molar-refractivity contribution in [2.45, 2.75) is 57.2 Å². The maximum atomic E-state index is 9.38. The molecule has 70 valence electrons. The number of rotatable bonds is 1. The topological polar surface area (TPSA) is 23.5 Å². The number of β-amino-alcohol motifs (C(OH)–C–C–N with tert-alkyl or cyclic N) is 1. The van der Waals surface area contributed by atoms with Crippen molar-refractivity contribution < 1.29 is 5.11 Å². The average Bonchev–Trinajstić information content (AvgIpc) is 2.15. The molecule has 2 rings (SSSR count). The third kappa shape index (κ3) is 1.38. The van der Waals surface area contributed by atoms with E-state index in [1.165, 1.54) is 32.1 Å². The van der Waals surface area contributed by atoms with Crippen LogP contribution in [0.3, 0.4) is 0 Å². The molecule has 2 atom stereocenters. The first-order valence-corrected chi connectivity index (χ1v) is 5.23. The van der Waals surface area contributed by atoms with Crippen LogP contribution in [0.5, 0.6) is 0 Å². The first kappa shape index (κ1) is 8.52. The van der Waals surface area contributed by atoms with Crippen molar-refractivity contribution in [2.24, 2.45) is 0 Å². The maximum absolute atomic E-state index is 9.38. The zero-order valence-electron chi connectivity index (χ0n) is 7.87. The standard InChI is InChI=1S/C10H19NO/c1-8-10(12)7-11(8)9-5-3-2-4-6-9/h8-10,12H,2-7H2,1H3/t8-,10+/m1/s1. The Hall–Kier alpha value is -0.0800. The zero-order valence-corrected chi connectivity index (χ0v) is 7.87. The first-order valence-electron chi connectivity index (χ1n) is 5.23. The summed E-state index contributed by atoms with van der Waals surface area (Å²) < 4.78 is 0. The second kappa shape index (κ2) is 3.35. The number of hydrogen-bond donors (Lipinski definition) is 1. The van der Waals surface area contributed by atoms with Gasteiger partial charge in [-0.05, 0) is 19.8 Å². The number of likely N-dealkylation sites (tertiary alicyclic amines) is 1. The number of nitrogens with zero attached hydrogens (tertiary/aromatic N) is 1. The first-order chi connectivity index (χ1) is 5.79. The van der Waals surface area contributed by atoms with Crippen molar-refractivity contribution in [2.75, 3.05) is 6.54 Å². The van der Waals surface area contributed by atoms with Crippen molar-refractivity contribution >= 4 is 0 Å². The van der Waals surface area contributed by atoms with Gasteiger partial charge in [0, 0.05) is 18.6 Å². The second-order valence-electron chi connectivity index (χ2n) is 4.30. The van der Waals surface area contributed by atoms with E-state index >= 15 is 0 Å². The van der Waals surface area contributed by atoms with Crippen molar-refractivity contribution in [3.05, 3.63) is 0 Å². The van der Waals surface area contributed by atoms with Gasteiger partial charge in [-0.2, -0.15) is 0 Å². The SMILES string of the molecule is C[C@@H]1[C@@H](O)CN1C1CCCCC1. The van der Waals surface area contributed by atoms with Crippen LogP contribution < -0.4 is 0 Å². The Kier molecular flexibility index (Phi) is 2.37. The molecule has 0 amide bonds. The van der Waals surface area contributed by atoms with Gasteiger partial charge in [0.25, 0.3) is 0 Å². The number of aliphatic hydroxyl groups excluding tert-OH is 1. The quantitative estimate of drug-likeness (QED) is 0.641. The Balaban J connectivity index is 1.84. The van der Waals surface area contributed by atoms with E-state index in [9.17, 15) is 5.11 Å². The molecule has 0 aromatic heterocycles. The Morgan fingerprint density at radius 1 is 1.17 bits per heavy atom. The third-order valence-corrected chi connectivity index (χ3v) is 3.52. The van der Waals surface area contributed by atoms with Gasteiger partial charge in [0.15, 0.2) is 0 Å². The van der Waals surface area contributed by atoms with Crippen LogP contribution in [0.1, 0.15) is 39.0 Å². The normalized spacial score (nSPS) is 39.5. The minimum Gasteiger partial charge on any atom is -0.390 e. The van der Waals surface area contributed by atoms with Crippen LogP contribution in [0.15, 0.2) is 0 Å². The van der Waals surface area contributed by atoms with E-state index < -0.39 is 0 Å². The third-order valence-electron chi connectivity index (χ3n) is 3.52. The molecule has 2 heteroatoms. The number of aliphatic hydroxyl groups is 1. The second-order valence-corrected chi connectivity index (χ2v) is 4.30. The lowest BCUT2D eigenvalue weighted by atomic mass is 9.89. The average molecular weight is 169 g/mol. The van der Waals surface area contributed by atoms with Crippen LogP contribution >= 0.6 is 0 Å². The van der Waals surface area contributed by atoms with Crippen molar-refractivity contribution in [3.63, 3.8) is 0 Å². The van der Waals surface area contributed by atoms with Crippen LogP contribution in [0.4, 0.5) is 0 Å². The van der Waals surface area contributed by atoms with E-state index in [1.54, 1.807) is 0 Å². The summed E-state index contributed by atoms with van der Waals surface area (Å²) >= 11 is 0. The minimum atomic E-state index is -0.0491. The highest BCUT2D eigenvalue weighted by atomic mass is 16.3. The van der Waals surface area contributed by atoms with Gasteiger partial charge in [-0.3, -0.25) is 4.90 Å². The Labute approximate surface area is 74.6 Å². The molecule has 0 radical (unpaired) electrons. The van der Waals surface area contributed by atoms with E-state index in [1.807, 2.05) is 0 Å². The van der Waals surface area contributed by atoms with Crippen molar-refractivity contribution in [1.29, 1.82) is 0 Å². The smallest absolute Gasteiger partial charge is 0.0819 e. The van der Waals surface area contributed by atoms with E-state index in [4.69, 9.17) is 0 Å². The largest absolute Gasteiger partial charge is 0.390 e. The molecule has 0 aromatic rings. The molecule has 1 aliphatic heterocycles. The molecule has 1 N–H and O–H groups in total. The van der Waals surface area contributed by atoms with Crippen LogP contribution in [0.25, 0.3) is 0 Å². The summed E-state index contributed by atoms with van der Waals surface area (Å²) in [5, 5.41) is 9.38. The van der Waals surface area contributed by atoms with Gasteiger partial charge in [0.2, 0.25) is 0 Å². The number of hydrogen-bond acceptors (Lipinski definition) is 2. The monoisotopic (exact) mass is 169 g/mol. The molecule has 0 bridgehead atoms. The fourth-order valence-corrected chi connectivity index (χ4v) is 2.51. The molecule has 2 aliphatic rings. The summed E-state index contributed by atoms with van der Waals surface area (Å²) in [7, 11) is 0. The lowest BCUT2D eigenvalue weighted by Gasteiger charge is -2.49. The molecule has 1 aliphatic carbocycles. The highest BCUT2D eigenvalue weighted by Gasteiger charge is 2.38. The van der Waals surface area contributed by atoms with E-state index in [2.05, 4.69) is 11.8 Å². The van der Waals surface area contributed by atoms with Gasteiger partial charge >= 0.3 is 0 Å². The summed E-state index contributed by atoms with van der Waals surface area (Å²) in [5.74, 6) is 0. The molecule has 0 aromatic carbocycles. The van der Waals surface area contributed by atoms with Gasteiger partial charge in [0.1, 0.15) is 0 Å². The maximum Gasteiger partial charge on any atom is 0.0819 e. The van der Waals surface area contributed by atoms with Crippen molar-refractivity contribution in [1.82, 2.24) is 4.90 Å². The molecule has 1 saturated heterocycles. The summed E-state index contributed by atoms with van der Waals surface area (Å²) in [6, 6.07) is 1.21. The van der Waals surface area contributed by atoms with Gasteiger partial charge in [-0.25, -0.2) is 0 Å². The summed E-state index contributed by atoms with van der Waals surface area (Å²) in [5.41, 5.74) is 0. The molecular formula is C10H19NO. The fourth-order valence-electron chi connectivity index (χ4n) is 2.51. The van der Waals surface area contributed by atoms with Crippen molar-refractivity contribution in [3.8, 4) is 0 Å². The van der Waals surface area contributed by atoms with Gasteiger partial charge < -0.3 is 5.11 Å². The lowest BCUT2D eigenvalue weighted by molar-refractivity contribution is -0.0834.